The molecule has 0 aromatic rings. The molecule has 0 amide bonds. The van der Waals surface area contributed by atoms with Crippen LogP contribution in [0, 0.1) is 0 Å². The van der Waals surface area contributed by atoms with Gasteiger partial charge in [0, 0.05) is 17.7 Å². The lowest BCUT2D eigenvalue weighted by molar-refractivity contribution is 0.0904. The molecule has 0 heterocycles. The van der Waals surface area contributed by atoms with E-state index < -0.39 is 0 Å². The minimum atomic E-state index is 0.0972. The predicted octanol–water partition coefficient (Wildman–Crippen LogP) is 2.13. The normalized spacial score (nSPS) is 13.6. The first-order valence-corrected chi connectivity index (χ1v) is 5.77. The first-order chi connectivity index (χ1) is 6.64. The smallest absolute Gasteiger partial charge is 0.0821 e. The molecule has 0 bridgehead atoms. The quantitative estimate of drug-likeness (QED) is 0.691. The molecule has 0 spiro atoms. The van der Waals surface area contributed by atoms with Crippen LogP contribution in [0.3, 0.4) is 0 Å². The molecule has 0 radical (unpaired) electrons. The maximum Gasteiger partial charge on any atom is 0.0821 e. The Bertz CT molecular complexity index is 151. The van der Waals surface area contributed by atoms with Gasteiger partial charge in [0.1, 0.15) is 0 Å². The third-order valence-electron chi connectivity index (χ3n) is 1.70. The summed E-state index contributed by atoms with van der Waals surface area (Å²) in [5.74, 6) is 0. The Hall–Kier alpha value is -0.120. The fraction of sp³-hybridized carbons (Fsp3) is 1.00. The van der Waals surface area contributed by atoms with Crippen LogP contribution >= 0.6 is 0 Å². The van der Waals surface area contributed by atoms with Crippen molar-refractivity contribution in [1.29, 1.82) is 0 Å². The summed E-state index contributed by atoms with van der Waals surface area (Å²) in [5.41, 5.74) is 0.194. The Kier molecular flexibility index (Phi) is 5.78. The van der Waals surface area contributed by atoms with Crippen molar-refractivity contribution in [2.45, 2.75) is 65.7 Å². The molecule has 0 saturated heterocycles. The van der Waals surface area contributed by atoms with E-state index >= 15 is 0 Å². The molecule has 0 atom stereocenters. The van der Waals surface area contributed by atoms with Gasteiger partial charge < -0.3 is 4.74 Å². The average molecular weight is 216 g/mol. The molecule has 0 fully saturated rings. The Morgan fingerprint density at radius 3 is 1.60 bits per heavy atom. The standard InChI is InChI=1S/C12H28N2O/c1-8-15-9-10(13-11(2,3)4)14-12(5,6)7/h10,13-14H,8-9H2,1-7H3. The molecule has 0 unspecified atom stereocenters. The number of hydrogen-bond acceptors (Lipinski definition) is 3. The van der Waals surface area contributed by atoms with E-state index in [4.69, 9.17) is 4.74 Å². The number of nitrogens with one attached hydrogen (secondary N) is 2. The molecular formula is C12H28N2O. The van der Waals surface area contributed by atoms with Crippen LogP contribution in [0.1, 0.15) is 48.5 Å². The molecule has 0 aromatic heterocycles. The maximum absolute atomic E-state index is 5.46. The van der Waals surface area contributed by atoms with Crippen molar-refractivity contribution >= 4 is 0 Å². The van der Waals surface area contributed by atoms with Gasteiger partial charge in [0.05, 0.1) is 12.8 Å². The first-order valence-electron chi connectivity index (χ1n) is 5.77. The summed E-state index contributed by atoms with van der Waals surface area (Å²) in [5, 5.41) is 7.02. The molecule has 0 aliphatic rings. The van der Waals surface area contributed by atoms with E-state index in [0.717, 1.165) is 6.61 Å². The van der Waals surface area contributed by atoms with Gasteiger partial charge in [-0.3, -0.25) is 10.6 Å². The average Bonchev–Trinajstić information content (AvgIpc) is 1.94. The zero-order valence-corrected chi connectivity index (χ0v) is 11.4. The molecule has 0 aromatic carbocycles. The van der Waals surface area contributed by atoms with Crippen molar-refractivity contribution in [3.63, 3.8) is 0 Å². The highest BCUT2D eigenvalue weighted by Gasteiger charge is 2.21. The second-order valence-electron chi connectivity index (χ2n) is 6.00. The van der Waals surface area contributed by atoms with Gasteiger partial charge in [-0.2, -0.15) is 0 Å². The van der Waals surface area contributed by atoms with Crippen molar-refractivity contribution in [2.24, 2.45) is 0 Å². The summed E-state index contributed by atoms with van der Waals surface area (Å²) in [6.45, 7) is 16.5. The highest BCUT2D eigenvalue weighted by atomic mass is 16.5. The number of rotatable bonds is 5. The Morgan fingerprint density at radius 1 is 0.933 bits per heavy atom. The molecule has 0 aliphatic carbocycles. The maximum atomic E-state index is 5.46. The fourth-order valence-corrected chi connectivity index (χ4v) is 1.40. The van der Waals surface area contributed by atoms with Crippen molar-refractivity contribution < 1.29 is 4.74 Å². The van der Waals surface area contributed by atoms with Crippen LogP contribution < -0.4 is 10.6 Å². The van der Waals surface area contributed by atoms with Gasteiger partial charge in [-0.15, -0.1) is 0 Å². The predicted molar refractivity (Wildman–Crippen MR) is 66.1 cm³/mol. The van der Waals surface area contributed by atoms with Gasteiger partial charge >= 0.3 is 0 Å². The van der Waals surface area contributed by atoms with Gasteiger partial charge in [-0.1, -0.05) is 0 Å². The Morgan fingerprint density at radius 2 is 1.33 bits per heavy atom. The second kappa shape index (κ2) is 5.83. The van der Waals surface area contributed by atoms with Crippen molar-refractivity contribution in [3.8, 4) is 0 Å². The summed E-state index contributed by atoms with van der Waals surface area (Å²) >= 11 is 0. The van der Waals surface area contributed by atoms with Crippen molar-refractivity contribution in [3.05, 3.63) is 0 Å². The topological polar surface area (TPSA) is 33.3 Å². The molecule has 15 heavy (non-hydrogen) atoms. The lowest BCUT2D eigenvalue weighted by Gasteiger charge is -2.34. The fourth-order valence-electron chi connectivity index (χ4n) is 1.40. The van der Waals surface area contributed by atoms with Crippen LogP contribution in [-0.4, -0.2) is 30.5 Å². The number of hydrogen-bond donors (Lipinski definition) is 2. The molecule has 0 rings (SSSR count). The molecule has 2 N–H and O–H groups in total. The minimum Gasteiger partial charge on any atom is -0.379 e. The van der Waals surface area contributed by atoms with E-state index in [0.29, 0.717) is 6.61 Å². The van der Waals surface area contributed by atoms with Crippen molar-refractivity contribution in [1.82, 2.24) is 10.6 Å². The van der Waals surface area contributed by atoms with E-state index in [2.05, 4.69) is 52.2 Å². The molecule has 0 aliphatic heterocycles. The summed E-state index contributed by atoms with van der Waals surface area (Å²) < 4.78 is 5.46. The summed E-state index contributed by atoms with van der Waals surface area (Å²) in [6.07, 6.45) is 0.199. The SMILES string of the molecule is CCOCC(NC(C)(C)C)NC(C)(C)C. The van der Waals surface area contributed by atoms with Gasteiger partial charge in [0.15, 0.2) is 0 Å². The van der Waals surface area contributed by atoms with Crippen LogP contribution in [0.15, 0.2) is 0 Å². The van der Waals surface area contributed by atoms with Gasteiger partial charge in [-0.05, 0) is 48.5 Å². The van der Waals surface area contributed by atoms with Crippen LogP contribution in [-0.2, 0) is 4.74 Å². The third-order valence-corrected chi connectivity index (χ3v) is 1.70. The highest BCUT2D eigenvalue weighted by molar-refractivity contribution is 4.81. The van der Waals surface area contributed by atoms with Gasteiger partial charge in [0.25, 0.3) is 0 Å². The van der Waals surface area contributed by atoms with Crippen LogP contribution in [0.4, 0.5) is 0 Å². The number of ether oxygens (including phenoxy) is 1. The van der Waals surface area contributed by atoms with Crippen LogP contribution in [0.25, 0.3) is 0 Å². The first kappa shape index (κ1) is 14.9. The molecule has 92 valence electrons. The van der Waals surface area contributed by atoms with Crippen LogP contribution in [0.2, 0.25) is 0 Å². The summed E-state index contributed by atoms with van der Waals surface area (Å²) in [6, 6.07) is 0. The second-order valence-corrected chi connectivity index (χ2v) is 6.00. The molecule has 3 nitrogen and oxygen atoms in total. The highest BCUT2D eigenvalue weighted by Crippen LogP contribution is 2.05. The summed E-state index contributed by atoms with van der Waals surface area (Å²) in [4.78, 5) is 0. The summed E-state index contributed by atoms with van der Waals surface area (Å²) in [7, 11) is 0. The molecule has 0 saturated carbocycles. The van der Waals surface area contributed by atoms with E-state index in [1.165, 1.54) is 0 Å². The van der Waals surface area contributed by atoms with Gasteiger partial charge in [0.2, 0.25) is 0 Å². The molecule has 3 heteroatoms. The van der Waals surface area contributed by atoms with Crippen LogP contribution in [0.5, 0.6) is 0 Å². The Balaban J connectivity index is 4.19. The minimum absolute atomic E-state index is 0.0972. The van der Waals surface area contributed by atoms with E-state index in [1.54, 1.807) is 0 Å². The van der Waals surface area contributed by atoms with E-state index in [-0.39, 0.29) is 17.2 Å². The third kappa shape index (κ3) is 10.2. The zero-order valence-electron chi connectivity index (χ0n) is 11.4. The lowest BCUT2D eigenvalue weighted by atomic mass is 10.1. The van der Waals surface area contributed by atoms with Gasteiger partial charge in [-0.25, -0.2) is 0 Å². The monoisotopic (exact) mass is 216 g/mol. The zero-order chi connectivity index (χ0) is 12.1. The van der Waals surface area contributed by atoms with Crippen molar-refractivity contribution in [2.75, 3.05) is 13.2 Å². The largest absolute Gasteiger partial charge is 0.379 e. The lowest BCUT2D eigenvalue weighted by Crippen LogP contribution is -2.58. The molecular weight excluding hydrogens is 188 g/mol. The Labute approximate surface area is 95.0 Å². The van der Waals surface area contributed by atoms with E-state index in [1.807, 2.05) is 6.92 Å². The van der Waals surface area contributed by atoms with E-state index in [9.17, 15) is 0 Å².